The maximum atomic E-state index is 10.9. The van der Waals surface area contributed by atoms with Crippen LogP contribution >= 0.6 is 0 Å². The van der Waals surface area contributed by atoms with Gasteiger partial charge in [0, 0.05) is 0 Å². The third-order valence-corrected chi connectivity index (χ3v) is 3.27. The smallest absolute Gasteiger partial charge is 0.327 e. The van der Waals surface area contributed by atoms with Crippen LogP contribution < -0.4 is 0 Å². The molecule has 0 amide bonds. The van der Waals surface area contributed by atoms with Crippen molar-refractivity contribution < 1.29 is 13.0 Å². The SMILES string of the molecule is CCCCc1ccc2nc(S(=O)(=O)O)[nH]c2c1. The summed E-state index contributed by atoms with van der Waals surface area (Å²) in [6.07, 6.45) is 3.15. The Bertz CT molecular complexity index is 631. The van der Waals surface area contributed by atoms with Gasteiger partial charge in [-0.15, -0.1) is 0 Å². The molecule has 0 saturated carbocycles. The number of nitrogens with one attached hydrogen (secondary N) is 1. The largest absolute Gasteiger partial charge is 0.328 e. The van der Waals surface area contributed by atoms with Gasteiger partial charge in [0.25, 0.3) is 5.16 Å². The molecule has 2 N–H and O–H groups in total. The van der Waals surface area contributed by atoms with Crippen molar-refractivity contribution in [3.8, 4) is 0 Å². The van der Waals surface area contributed by atoms with Gasteiger partial charge < -0.3 is 4.98 Å². The molecule has 17 heavy (non-hydrogen) atoms. The quantitative estimate of drug-likeness (QED) is 0.819. The van der Waals surface area contributed by atoms with E-state index in [2.05, 4.69) is 16.9 Å². The van der Waals surface area contributed by atoms with Crippen LogP contribution in [-0.4, -0.2) is 22.9 Å². The first-order chi connectivity index (χ1) is 8.00. The van der Waals surface area contributed by atoms with Crippen LogP contribution in [0.25, 0.3) is 11.0 Å². The molecule has 2 aromatic rings. The number of fused-ring (bicyclic) bond motifs is 1. The molecule has 1 aromatic carbocycles. The summed E-state index contributed by atoms with van der Waals surface area (Å²) >= 11 is 0. The fourth-order valence-electron chi connectivity index (χ4n) is 1.69. The first kappa shape index (κ1) is 12.1. The lowest BCUT2D eigenvalue weighted by Crippen LogP contribution is -1.99. The van der Waals surface area contributed by atoms with E-state index in [-0.39, 0.29) is 0 Å². The number of aryl methyl sites for hydroxylation is 1. The fraction of sp³-hybridized carbons (Fsp3) is 0.364. The predicted octanol–water partition coefficient (Wildman–Crippen LogP) is 2.15. The van der Waals surface area contributed by atoms with E-state index in [1.165, 1.54) is 0 Å². The van der Waals surface area contributed by atoms with Crippen LogP contribution in [0.1, 0.15) is 25.3 Å². The molecule has 0 radical (unpaired) electrons. The molecule has 0 atom stereocenters. The fourth-order valence-corrected chi connectivity index (χ4v) is 2.14. The summed E-state index contributed by atoms with van der Waals surface area (Å²) in [5, 5.41) is -0.403. The van der Waals surface area contributed by atoms with Crippen molar-refractivity contribution >= 4 is 21.2 Å². The molecule has 1 aromatic heterocycles. The Labute approximate surface area is 99.6 Å². The molecule has 1 heterocycles. The zero-order valence-electron chi connectivity index (χ0n) is 9.47. The summed E-state index contributed by atoms with van der Waals surface area (Å²) in [6, 6.07) is 5.55. The molecular weight excluding hydrogens is 240 g/mol. The number of H-pyrrole nitrogens is 1. The lowest BCUT2D eigenvalue weighted by atomic mass is 10.1. The second-order valence-corrected chi connectivity index (χ2v) is 5.31. The Balaban J connectivity index is 2.41. The molecule has 0 aliphatic carbocycles. The minimum absolute atomic E-state index is 0.403. The van der Waals surface area contributed by atoms with Gasteiger partial charge in [0.2, 0.25) is 0 Å². The number of nitrogens with zero attached hydrogens (tertiary/aromatic N) is 1. The highest BCUT2D eigenvalue weighted by Crippen LogP contribution is 2.17. The summed E-state index contributed by atoms with van der Waals surface area (Å²) in [4.78, 5) is 6.42. The van der Waals surface area contributed by atoms with Crippen molar-refractivity contribution in [1.29, 1.82) is 0 Å². The highest BCUT2D eigenvalue weighted by molar-refractivity contribution is 7.85. The molecular formula is C11H14N2O3S. The number of hydrogen-bond donors (Lipinski definition) is 2. The average Bonchev–Trinajstić information content (AvgIpc) is 2.68. The van der Waals surface area contributed by atoms with Gasteiger partial charge in [-0.25, -0.2) is 4.98 Å². The van der Waals surface area contributed by atoms with Crippen LogP contribution in [0.2, 0.25) is 0 Å². The van der Waals surface area contributed by atoms with Gasteiger partial charge >= 0.3 is 10.1 Å². The Hall–Kier alpha value is -1.40. The average molecular weight is 254 g/mol. The molecule has 0 bridgehead atoms. The van der Waals surface area contributed by atoms with Crippen LogP contribution in [-0.2, 0) is 16.5 Å². The Morgan fingerprint density at radius 2 is 2.18 bits per heavy atom. The maximum Gasteiger partial charge on any atom is 0.328 e. The van der Waals surface area contributed by atoms with E-state index in [4.69, 9.17) is 4.55 Å². The molecule has 2 rings (SSSR count). The zero-order valence-corrected chi connectivity index (χ0v) is 10.3. The molecule has 6 heteroatoms. The standard InChI is InChI=1S/C11H14N2O3S/c1-2-3-4-8-5-6-9-10(7-8)13-11(12-9)17(14,15)16/h5-7H,2-4H2,1H3,(H,12,13)(H,14,15,16). The summed E-state index contributed by atoms with van der Waals surface area (Å²) < 4.78 is 30.7. The van der Waals surface area contributed by atoms with Crippen molar-refractivity contribution in [3.63, 3.8) is 0 Å². The van der Waals surface area contributed by atoms with Crippen LogP contribution in [0.3, 0.4) is 0 Å². The summed E-state index contributed by atoms with van der Waals surface area (Å²) in [6.45, 7) is 2.12. The Kier molecular flexibility index (Phi) is 3.17. The number of aromatic amines is 1. The zero-order chi connectivity index (χ0) is 12.5. The minimum atomic E-state index is -4.26. The highest BCUT2D eigenvalue weighted by atomic mass is 32.2. The first-order valence-corrected chi connectivity index (χ1v) is 6.91. The molecule has 0 fully saturated rings. The van der Waals surface area contributed by atoms with Gasteiger partial charge in [-0.1, -0.05) is 19.4 Å². The number of rotatable bonds is 4. The Morgan fingerprint density at radius 3 is 2.82 bits per heavy atom. The van der Waals surface area contributed by atoms with Crippen LogP contribution in [0.15, 0.2) is 23.4 Å². The number of imidazole rings is 1. The minimum Gasteiger partial charge on any atom is -0.327 e. The van der Waals surface area contributed by atoms with Crippen LogP contribution in [0.4, 0.5) is 0 Å². The van der Waals surface area contributed by atoms with E-state index in [1.807, 2.05) is 12.1 Å². The van der Waals surface area contributed by atoms with E-state index in [0.29, 0.717) is 11.0 Å². The molecule has 0 aliphatic rings. The molecule has 0 aliphatic heterocycles. The van der Waals surface area contributed by atoms with Crippen molar-refractivity contribution in [3.05, 3.63) is 23.8 Å². The van der Waals surface area contributed by atoms with Crippen LogP contribution in [0, 0.1) is 0 Å². The van der Waals surface area contributed by atoms with Gasteiger partial charge in [0.05, 0.1) is 11.0 Å². The second kappa shape index (κ2) is 4.46. The van der Waals surface area contributed by atoms with Gasteiger partial charge in [-0.2, -0.15) is 8.42 Å². The van der Waals surface area contributed by atoms with E-state index >= 15 is 0 Å². The normalized spacial score (nSPS) is 12.1. The number of hydrogen-bond acceptors (Lipinski definition) is 3. The number of aromatic nitrogens is 2. The molecule has 0 unspecified atom stereocenters. The Morgan fingerprint density at radius 1 is 1.41 bits per heavy atom. The maximum absolute atomic E-state index is 10.9. The van der Waals surface area contributed by atoms with E-state index in [9.17, 15) is 8.42 Å². The number of benzene rings is 1. The predicted molar refractivity (Wildman–Crippen MR) is 64.5 cm³/mol. The summed E-state index contributed by atoms with van der Waals surface area (Å²) in [7, 11) is -4.26. The van der Waals surface area contributed by atoms with Gasteiger partial charge in [-0.3, -0.25) is 4.55 Å². The summed E-state index contributed by atoms with van der Waals surface area (Å²) in [5.74, 6) is 0. The van der Waals surface area contributed by atoms with Crippen molar-refractivity contribution in [2.45, 2.75) is 31.3 Å². The molecule has 0 spiro atoms. The second-order valence-electron chi connectivity index (χ2n) is 3.97. The third-order valence-electron chi connectivity index (χ3n) is 2.59. The first-order valence-electron chi connectivity index (χ1n) is 5.47. The number of unbranched alkanes of at least 4 members (excludes halogenated alkanes) is 1. The van der Waals surface area contributed by atoms with Gasteiger partial charge in [-0.05, 0) is 30.5 Å². The third kappa shape index (κ3) is 2.65. The molecule has 0 saturated heterocycles. The van der Waals surface area contributed by atoms with Crippen molar-refractivity contribution in [2.75, 3.05) is 0 Å². The van der Waals surface area contributed by atoms with Crippen molar-refractivity contribution in [1.82, 2.24) is 9.97 Å². The monoisotopic (exact) mass is 254 g/mol. The molecule has 92 valence electrons. The lowest BCUT2D eigenvalue weighted by molar-refractivity contribution is 0.476. The van der Waals surface area contributed by atoms with Crippen LogP contribution in [0.5, 0.6) is 0 Å². The lowest BCUT2D eigenvalue weighted by Gasteiger charge is -1.98. The van der Waals surface area contributed by atoms with E-state index in [1.54, 1.807) is 6.07 Å². The van der Waals surface area contributed by atoms with Crippen molar-refractivity contribution in [2.24, 2.45) is 0 Å². The van der Waals surface area contributed by atoms with E-state index in [0.717, 1.165) is 24.8 Å². The topological polar surface area (TPSA) is 83.1 Å². The van der Waals surface area contributed by atoms with Gasteiger partial charge in [0.1, 0.15) is 0 Å². The van der Waals surface area contributed by atoms with Gasteiger partial charge in [0.15, 0.2) is 0 Å². The summed E-state index contributed by atoms with van der Waals surface area (Å²) in [5.41, 5.74) is 2.30. The van der Waals surface area contributed by atoms with E-state index < -0.39 is 15.3 Å². The molecule has 5 nitrogen and oxygen atoms in total. The highest BCUT2D eigenvalue weighted by Gasteiger charge is 2.14.